The van der Waals surface area contributed by atoms with Gasteiger partial charge < -0.3 is 10.5 Å². The number of nitrogens with two attached hydrogens (primary N) is 1. The van der Waals surface area contributed by atoms with Crippen molar-refractivity contribution in [2.75, 3.05) is 26.3 Å². The molecule has 0 atom stereocenters. The van der Waals surface area contributed by atoms with Gasteiger partial charge in [-0.15, -0.1) is 0 Å². The fourth-order valence-electron chi connectivity index (χ4n) is 1.73. The molecule has 0 unspecified atom stereocenters. The second-order valence-electron chi connectivity index (χ2n) is 4.09. The van der Waals surface area contributed by atoms with Crippen LogP contribution < -0.4 is 5.73 Å². The van der Waals surface area contributed by atoms with E-state index in [1.54, 1.807) is 0 Å². The Balaban J connectivity index is 2.43. The summed E-state index contributed by atoms with van der Waals surface area (Å²) in [7, 11) is 0. The van der Waals surface area contributed by atoms with E-state index < -0.39 is 0 Å². The molecule has 0 fully saturated rings. The van der Waals surface area contributed by atoms with E-state index >= 15 is 0 Å². The van der Waals surface area contributed by atoms with Crippen molar-refractivity contribution in [3.05, 3.63) is 35.4 Å². The van der Waals surface area contributed by atoms with E-state index in [-0.39, 0.29) is 0 Å². The number of benzene rings is 1. The Morgan fingerprint density at radius 2 is 1.76 bits per heavy atom. The van der Waals surface area contributed by atoms with Gasteiger partial charge in [0.15, 0.2) is 0 Å². The molecule has 17 heavy (non-hydrogen) atoms. The third-order valence-corrected chi connectivity index (χ3v) is 2.87. The molecule has 2 N–H and O–H groups in total. The normalized spacial score (nSPS) is 11.1. The first-order valence-corrected chi connectivity index (χ1v) is 6.38. The molecule has 1 aromatic rings. The van der Waals surface area contributed by atoms with Crippen LogP contribution in [-0.4, -0.2) is 31.2 Å². The Labute approximate surface area is 105 Å². The molecule has 0 aliphatic heterocycles. The fraction of sp³-hybridized carbons (Fsp3) is 0.571. The van der Waals surface area contributed by atoms with Crippen LogP contribution in [0.3, 0.4) is 0 Å². The molecule has 1 aromatic carbocycles. The number of likely N-dealkylation sites (N-methyl/N-ethyl adjacent to an activating group) is 1. The number of nitrogens with zero attached hydrogens (tertiary/aromatic N) is 1. The lowest BCUT2D eigenvalue weighted by molar-refractivity contribution is 0.113. The Kier molecular flexibility index (Phi) is 6.86. The predicted octanol–water partition coefficient (Wildman–Crippen LogP) is 2.00. The van der Waals surface area contributed by atoms with Crippen molar-refractivity contribution in [1.29, 1.82) is 0 Å². The minimum absolute atomic E-state index is 0.613. The molecule has 0 aliphatic carbocycles. The molecule has 1 rings (SSSR count). The zero-order valence-corrected chi connectivity index (χ0v) is 11.0. The summed E-state index contributed by atoms with van der Waals surface area (Å²) in [6.45, 7) is 9.45. The summed E-state index contributed by atoms with van der Waals surface area (Å²) in [5.74, 6) is 0. The molecule has 96 valence electrons. The topological polar surface area (TPSA) is 38.5 Å². The van der Waals surface area contributed by atoms with E-state index in [0.717, 1.165) is 32.8 Å². The van der Waals surface area contributed by atoms with Gasteiger partial charge in [-0.2, -0.15) is 0 Å². The summed E-state index contributed by atoms with van der Waals surface area (Å²) < 4.78 is 5.38. The minimum atomic E-state index is 0.613. The summed E-state index contributed by atoms with van der Waals surface area (Å²) in [5, 5.41) is 0. The van der Waals surface area contributed by atoms with Gasteiger partial charge in [0.2, 0.25) is 0 Å². The van der Waals surface area contributed by atoms with Gasteiger partial charge in [-0.25, -0.2) is 0 Å². The lowest BCUT2D eigenvalue weighted by Gasteiger charge is -2.20. The molecular formula is C14H24N2O. The van der Waals surface area contributed by atoms with Crippen molar-refractivity contribution >= 4 is 0 Å². The van der Waals surface area contributed by atoms with Crippen LogP contribution >= 0.6 is 0 Å². The summed E-state index contributed by atoms with van der Waals surface area (Å²) in [6.07, 6.45) is 0. The second kappa shape index (κ2) is 8.23. The van der Waals surface area contributed by atoms with Gasteiger partial charge >= 0.3 is 0 Å². The van der Waals surface area contributed by atoms with Gasteiger partial charge in [-0.05, 0) is 24.6 Å². The molecule has 0 spiro atoms. The maximum Gasteiger partial charge on any atom is 0.0593 e. The molecule has 3 nitrogen and oxygen atoms in total. The molecule has 0 radical (unpaired) electrons. The predicted molar refractivity (Wildman–Crippen MR) is 71.8 cm³/mol. The number of hydrogen-bond acceptors (Lipinski definition) is 3. The van der Waals surface area contributed by atoms with E-state index in [1.807, 2.05) is 6.92 Å². The highest BCUT2D eigenvalue weighted by Gasteiger charge is 2.03. The van der Waals surface area contributed by atoms with Crippen LogP contribution in [-0.2, 0) is 17.8 Å². The molecule has 3 heteroatoms. The van der Waals surface area contributed by atoms with Gasteiger partial charge in [0.1, 0.15) is 0 Å². The highest BCUT2D eigenvalue weighted by Crippen LogP contribution is 2.07. The van der Waals surface area contributed by atoms with E-state index in [1.165, 1.54) is 11.1 Å². The first-order chi connectivity index (χ1) is 8.30. The van der Waals surface area contributed by atoms with Gasteiger partial charge in [0.05, 0.1) is 6.61 Å². The van der Waals surface area contributed by atoms with Gasteiger partial charge in [0, 0.05) is 26.2 Å². The number of ether oxygens (including phenoxy) is 1. The number of hydrogen-bond donors (Lipinski definition) is 1. The molecule has 0 amide bonds. The van der Waals surface area contributed by atoms with Crippen molar-refractivity contribution in [3.8, 4) is 0 Å². The van der Waals surface area contributed by atoms with Crippen molar-refractivity contribution < 1.29 is 4.74 Å². The van der Waals surface area contributed by atoms with Gasteiger partial charge in [-0.3, -0.25) is 4.90 Å². The molecule has 0 heterocycles. The van der Waals surface area contributed by atoms with Crippen molar-refractivity contribution in [1.82, 2.24) is 4.90 Å². The highest BCUT2D eigenvalue weighted by molar-refractivity contribution is 5.22. The summed E-state index contributed by atoms with van der Waals surface area (Å²) in [5.41, 5.74) is 8.10. The van der Waals surface area contributed by atoms with Crippen molar-refractivity contribution in [3.63, 3.8) is 0 Å². The minimum Gasteiger partial charge on any atom is -0.380 e. The Hall–Kier alpha value is -0.900. The average Bonchev–Trinajstić information content (AvgIpc) is 2.38. The first kappa shape index (κ1) is 14.2. The lowest BCUT2D eigenvalue weighted by atomic mass is 10.1. The monoisotopic (exact) mass is 236 g/mol. The highest BCUT2D eigenvalue weighted by atomic mass is 16.5. The molecule has 0 aliphatic rings. The van der Waals surface area contributed by atoms with Crippen LogP contribution in [0.4, 0.5) is 0 Å². The van der Waals surface area contributed by atoms with E-state index in [4.69, 9.17) is 10.5 Å². The number of rotatable bonds is 8. The van der Waals surface area contributed by atoms with Crippen molar-refractivity contribution in [2.45, 2.75) is 26.9 Å². The maximum atomic E-state index is 5.58. The Morgan fingerprint density at radius 1 is 1.12 bits per heavy atom. The smallest absolute Gasteiger partial charge is 0.0593 e. The zero-order valence-electron chi connectivity index (χ0n) is 11.0. The molecule has 0 saturated heterocycles. The largest absolute Gasteiger partial charge is 0.380 e. The maximum absolute atomic E-state index is 5.58. The third-order valence-electron chi connectivity index (χ3n) is 2.87. The molecule has 0 bridgehead atoms. The van der Waals surface area contributed by atoms with E-state index in [0.29, 0.717) is 6.54 Å². The SMILES string of the molecule is CCOCCN(CC)Cc1ccc(CN)cc1. The third kappa shape index (κ3) is 5.31. The van der Waals surface area contributed by atoms with Crippen LogP contribution in [0.5, 0.6) is 0 Å². The van der Waals surface area contributed by atoms with Crippen LogP contribution in [0.1, 0.15) is 25.0 Å². The fourth-order valence-corrected chi connectivity index (χ4v) is 1.73. The van der Waals surface area contributed by atoms with Crippen LogP contribution in [0, 0.1) is 0 Å². The van der Waals surface area contributed by atoms with Crippen LogP contribution in [0.2, 0.25) is 0 Å². The summed E-state index contributed by atoms with van der Waals surface area (Å²) in [4.78, 5) is 2.38. The molecular weight excluding hydrogens is 212 g/mol. The quantitative estimate of drug-likeness (QED) is 0.702. The van der Waals surface area contributed by atoms with Gasteiger partial charge in [-0.1, -0.05) is 31.2 Å². The zero-order chi connectivity index (χ0) is 12.5. The van der Waals surface area contributed by atoms with Crippen LogP contribution in [0.25, 0.3) is 0 Å². The average molecular weight is 236 g/mol. The molecule has 0 saturated carbocycles. The standard InChI is InChI=1S/C14H24N2O/c1-3-16(9-10-17-4-2)12-14-7-5-13(11-15)6-8-14/h5-8H,3-4,9-12,15H2,1-2H3. The lowest BCUT2D eigenvalue weighted by Crippen LogP contribution is -2.27. The molecule has 0 aromatic heterocycles. The van der Waals surface area contributed by atoms with E-state index in [9.17, 15) is 0 Å². The van der Waals surface area contributed by atoms with Crippen molar-refractivity contribution in [2.24, 2.45) is 5.73 Å². The second-order valence-corrected chi connectivity index (χ2v) is 4.09. The van der Waals surface area contributed by atoms with Gasteiger partial charge in [0.25, 0.3) is 0 Å². The summed E-state index contributed by atoms with van der Waals surface area (Å²) >= 11 is 0. The van der Waals surface area contributed by atoms with E-state index in [2.05, 4.69) is 36.1 Å². The Morgan fingerprint density at radius 3 is 2.29 bits per heavy atom. The van der Waals surface area contributed by atoms with Crippen LogP contribution in [0.15, 0.2) is 24.3 Å². The Bertz CT molecular complexity index is 298. The summed E-state index contributed by atoms with van der Waals surface area (Å²) in [6, 6.07) is 8.52. The first-order valence-electron chi connectivity index (χ1n) is 6.38.